The number of rotatable bonds is 2. The Morgan fingerprint density at radius 1 is 1.21 bits per heavy atom. The zero-order valence-electron chi connectivity index (χ0n) is 12.9. The molecule has 1 aromatic rings. The predicted octanol–water partition coefficient (Wildman–Crippen LogP) is 3.17. The average Bonchev–Trinajstić information content (AvgIpc) is 2.53. The minimum Gasteiger partial charge on any atom is -0.313 e. The van der Waals surface area contributed by atoms with Crippen LogP contribution in [0.4, 0.5) is 0 Å². The van der Waals surface area contributed by atoms with E-state index in [1.54, 1.807) is 0 Å². The number of hydrogen-bond donors (Lipinski definition) is 1. The van der Waals surface area contributed by atoms with Crippen LogP contribution in [0, 0.1) is 0 Å². The van der Waals surface area contributed by atoms with Gasteiger partial charge < -0.3 is 5.32 Å². The molecule has 0 amide bonds. The highest BCUT2D eigenvalue weighted by Gasteiger charge is 2.15. The summed E-state index contributed by atoms with van der Waals surface area (Å²) in [4.78, 5) is 2.57. The first kappa shape index (κ1) is 14.5. The lowest BCUT2D eigenvalue weighted by Crippen LogP contribution is -2.34. The molecule has 2 heteroatoms. The van der Waals surface area contributed by atoms with Gasteiger partial charge in [-0.15, -0.1) is 0 Å². The second-order valence-electron chi connectivity index (χ2n) is 6.89. The number of hydrogen-bond acceptors (Lipinski definition) is 2. The molecule has 1 N–H and O–H groups in total. The van der Waals surface area contributed by atoms with Gasteiger partial charge in [0.25, 0.3) is 0 Å². The lowest BCUT2D eigenvalue weighted by molar-refractivity contribution is 0.265. The van der Waals surface area contributed by atoms with Crippen molar-refractivity contribution in [3.63, 3.8) is 0 Å². The number of nitrogens with zero attached hydrogens (tertiary/aromatic N) is 1. The molecular weight excluding hydrogens is 232 g/mol. The molecule has 1 aromatic carbocycles. The van der Waals surface area contributed by atoms with Gasteiger partial charge in [0, 0.05) is 19.1 Å². The topological polar surface area (TPSA) is 15.3 Å². The number of benzene rings is 1. The molecule has 19 heavy (non-hydrogen) atoms. The van der Waals surface area contributed by atoms with E-state index in [9.17, 15) is 0 Å². The van der Waals surface area contributed by atoms with Crippen molar-refractivity contribution in [3.05, 3.63) is 35.4 Å². The van der Waals surface area contributed by atoms with E-state index in [0.717, 1.165) is 19.6 Å². The molecule has 2 rings (SSSR count). The van der Waals surface area contributed by atoms with Crippen LogP contribution in [0.3, 0.4) is 0 Å². The molecular formula is C17H28N2. The summed E-state index contributed by atoms with van der Waals surface area (Å²) >= 11 is 0. The van der Waals surface area contributed by atoms with Gasteiger partial charge in [0.15, 0.2) is 0 Å². The van der Waals surface area contributed by atoms with Gasteiger partial charge in [0.1, 0.15) is 0 Å². The molecule has 0 saturated carbocycles. The van der Waals surface area contributed by atoms with Crippen molar-refractivity contribution in [2.75, 3.05) is 19.6 Å². The van der Waals surface area contributed by atoms with Gasteiger partial charge in [-0.05, 0) is 43.0 Å². The molecule has 1 unspecified atom stereocenters. The van der Waals surface area contributed by atoms with Crippen LogP contribution in [0.25, 0.3) is 0 Å². The van der Waals surface area contributed by atoms with Crippen LogP contribution < -0.4 is 5.32 Å². The van der Waals surface area contributed by atoms with Crippen LogP contribution in [-0.4, -0.2) is 30.6 Å². The highest BCUT2D eigenvalue weighted by atomic mass is 15.2. The van der Waals surface area contributed by atoms with Gasteiger partial charge in [0.2, 0.25) is 0 Å². The predicted molar refractivity (Wildman–Crippen MR) is 82.5 cm³/mol. The maximum absolute atomic E-state index is 3.55. The fraction of sp³-hybridized carbons (Fsp3) is 0.647. The van der Waals surface area contributed by atoms with Gasteiger partial charge >= 0.3 is 0 Å². The van der Waals surface area contributed by atoms with Crippen LogP contribution in [-0.2, 0) is 12.0 Å². The summed E-state index contributed by atoms with van der Waals surface area (Å²) in [7, 11) is 0. The van der Waals surface area contributed by atoms with E-state index in [4.69, 9.17) is 0 Å². The Labute approximate surface area is 118 Å². The summed E-state index contributed by atoms with van der Waals surface area (Å²) < 4.78 is 0. The third-order valence-electron chi connectivity index (χ3n) is 3.90. The minimum absolute atomic E-state index is 0.250. The maximum Gasteiger partial charge on any atom is 0.0234 e. The highest BCUT2D eigenvalue weighted by Crippen LogP contribution is 2.22. The van der Waals surface area contributed by atoms with Crippen LogP contribution in [0.15, 0.2) is 24.3 Å². The van der Waals surface area contributed by atoms with Crippen molar-refractivity contribution in [1.29, 1.82) is 0 Å². The van der Waals surface area contributed by atoms with E-state index in [-0.39, 0.29) is 5.41 Å². The summed E-state index contributed by atoms with van der Waals surface area (Å²) in [5.41, 5.74) is 3.10. The minimum atomic E-state index is 0.250. The Balaban J connectivity index is 1.99. The lowest BCUT2D eigenvalue weighted by Gasteiger charge is -2.23. The van der Waals surface area contributed by atoms with Crippen molar-refractivity contribution < 1.29 is 0 Å². The molecule has 1 aliphatic heterocycles. The van der Waals surface area contributed by atoms with E-state index >= 15 is 0 Å². The van der Waals surface area contributed by atoms with Gasteiger partial charge in [-0.3, -0.25) is 4.90 Å². The molecule has 1 atom stereocenters. The lowest BCUT2D eigenvalue weighted by atomic mass is 9.87. The normalized spacial score (nSPS) is 22.2. The van der Waals surface area contributed by atoms with E-state index in [2.05, 4.69) is 62.2 Å². The van der Waals surface area contributed by atoms with Crippen LogP contribution in [0.5, 0.6) is 0 Å². The molecule has 0 bridgehead atoms. The van der Waals surface area contributed by atoms with Gasteiger partial charge in [-0.2, -0.15) is 0 Å². The Morgan fingerprint density at radius 3 is 2.53 bits per heavy atom. The third-order valence-corrected chi connectivity index (χ3v) is 3.90. The summed E-state index contributed by atoms with van der Waals surface area (Å²) in [6, 6.07) is 9.77. The van der Waals surface area contributed by atoms with Crippen molar-refractivity contribution in [1.82, 2.24) is 10.2 Å². The van der Waals surface area contributed by atoms with Crippen molar-refractivity contribution in [2.24, 2.45) is 0 Å². The second-order valence-corrected chi connectivity index (χ2v) is 6.89. The summed E-state index contributed by atoms with van der Waals surface area (Å²) in [6.07, 6.45) is 1.25. The second kappa shape index (κ2) is 6.06. The molecule has 2 nitrogen and oxygen atoms in total. The molecule has 1 heterocycles. The molecule has 1 aliphatic rings. The van der Waals surface area contributed by atoms with Crippen LogP contribution >= 0.6 is 0 Å². The van der Waals surface area contributed by atoms with E-state index in [1.807, 2.05) is 0 Å². The average molecular weight is 260 g/mol. The monoisotopic (exact) mass is 260 g/mol. The molecule has 0 aliphatic carbocycles. The SMILES string of the molecule is CC1CN(Cc2ccc(C(C)(C)C)cc2)CCCN1. The molecule has 106 valence electrons. The first-order valence-electron chi connectivity index (χ1n) is 7.50. The van der Waals surface area contributed by atoms with Gasteiger partial charge in [-0.25, -0.2) is 0 Å². The molecule has 0 radical (unpaired) electrons. The number of nitrogens with one attached hydrogen (secondary N) is 1. The standard InChI is InChI=1S/C17H28N2/c1-14-12-19(11-5-10-18-14)13-15-6-8-16(9-7-15)17(2,3)4/h6-9,14,18H,5,10-13H2,1-4H3. The molecule has 0 aromatic heterocycles. The summed E-state index contributed by atoms with van der Waals surface area (Å²) in [5.74, 6) is 0. The summed E-state index contributed by atoms with van der Waals surface area (Å²) in [6.45, 7) is 13.7. The molecule has 1 saturated heterocycles. The largest absolute Gasteiger partial charge is 0.313 e. The van der Waals surface area contributed by atoms with Crippen molar-refractivity contribution >= 4 is 0 Å². The molecule has 1 fully saturated rings. The Bertz CT molecular complexity index is 389. The van der Waals surface area contributed by atoms with Gasteiger partial charge in [0.05, 0.1) is 0 Å². The van der Waals surface area contributed by atoms with Gasteiger partial charge in [-0.1, -0.05) is 45.0 Å². The van der Waals surface area contributed by atoms with Crippen molar-refractivity contribution in [2.45, 2.75) is 52.1 Å². The van der Waals surface area contributed by atoms with E-state index in [0.29, 0.717) is 6.04 Å². The Kier molecular flexibility index (Phi) is 4.64. The van der Waals surface area contributed by atoms with E-state index < -0.39 is 0 Å². The first-order chi connectivity index (χ1) is 8.95. The first-order valence-corrected chi connectivity index (χ1v) is 7.50. The zero-order chi connectivity index (χ0) is 13.9. The summed E-state index contributed by atoms with van der Waals surface area (Å²) in [5, 5.41) is 3.55. The van der Waals surface area contributed by atoms with Crippen LogP contribution in [0.2, 0.25) is 0 Å². The maximum atomic E-state index is 3.55. The van der Waals surface area contributed by atoms with Crippen molar-refractivity contribution in [3.8, 4) is 0 Å². The van der Waals surface area contributed by atoms with E-state index in [1.165, 1.54) is 24.1 Å². The zero-order valence-corrected chi connectivity index (χ0v) is 12.9. The molecule has 0 spiro atoms. The quantitative estimate of drug-likeness (QED) is 0.878. The third kappa shape index (κ3) is 4.32. The Hall–Kier alpha value is -0.860. The van der Waals surface area contributed by atoms with Crippen LogP contribution in [0.1, 0.15) is 45.2 Å². The Morgan fingerprint density at radius 2 is 1.89 bits per heavy atom. The fourth-order valence-corrected chi connectivity index (χ4v) is 2.71. The fourth-order valence-electron chi connectivity index (χ4n) is 2.71. The smallest absolute Gasteiger partial charge is 0.0234 e. The highest BCUT2D eigenvalue weighted by molar-refractivity contribution is 5.27.